The summed E-state index contributed by atoms with van der Waals surface area (Å²) in [6.45, 7) is 4.15. The first kappa shape index (κ1) is 18.4. The minimum absolute atomic E-state index is 0.186. The van der Waals surface area contributed by atoms with E-state index in [2.05, 4.69) is 4.72 Å². The van der Waals surface area contributed by atoms with E-state index >= 15 is 0 Å². The summed E-state index contributed by atoms with van der Waals surface area (Å²) in [6, 6.07) is 11.5. The van der Waals surface area contributed by atoms with E-state index in [9.17, 15) is 13.2 Å². The van der Waals surface area contributed by atoms with Crippen LogP contribution in [0.1, 0.15) is 17.5 Å². The Kier molecular flexibility index (Phi) is 5.02. The zero-order valence-electron chi connectivity index (χ0n) is 15.0. The third-order valence-corrected chi connectivity index (χ3v) is 5.84. The van der Waals surface area contributed by atoms with E-state index in [1.807, 2.05) is 19.9 Å². The van der Waals surface area contributed by atoms with Crippen molar-refractivity contribution in [3.05, 3.63) is 53.6 Å². The molecule has 1 N–H and O–H groups in total. The number of amides is 1. The second-order valence-corrected chi connectivity index (χ2v) is 8.19. The molecule has 138 valence electrons. The molecule has 1 atom stereocenters. The summed E-state index contributed by atoms with van der Waals surface area (Å²) in [5.74, 6) is 0.454. The highest BCUT2D eigenvalue weighted by atomic mass is 32.2. The van der Waals surface area contributed by atoms with E-state index in [0.29, 0.717) is 18.7 Å². The molecule has 1 aliphatic heterocycles. The molecule has 1 aliphatic rings. The van der Waals surface area contributed by atoms with Crippen LogP contribution in [0.2, 0.25) is 0 Å². The SMILES string of the molecule is COc1ccc(N2CCC(NS(=O)(=O)c3cc(C)cc(C)c3)C2=O)cc1. The maximum atomic E-state index is 12.7. The molecule has 6 nitrogen and oxygen atoms in total. The summed E-state index contributed by atoms with van der Waals surface area (Å²) in [4.78, 5) is 14.4. The van der Waals surface area contributed by atoms with Crippen molar-refractivity contribution in [1.82, 2.24) is 4.72 Å². The summed E-state index contributed by atoms with van der Waals surface area (Å²) in [6.07, 6.45) is 0.425. The van der Waals surface area contributed by atoms with Crippen molar-refractivity contribution >= 4 is 21.6 Å². The first-order valence-corrected chi connectivity index (χ1v) is 9.84. The summed E-state index contributed by atoms with van der Waals surface area (Å²) in [7, 11) is -2.18. The molecule has 0 saturated carbocycles. The van der Waals surface area contributed by atoms with Crippen LogP contribution in [0.5, 0.6) is 5.75 Å². The van der Waals surface area contributed by atoms with Crippen LogP contribution in [0.25, 0.3) is 0 Å². The molecule has 3 rings (SSSR count). The van der Waals surface area contributed by atoms with Gasteiger partial charge in [0.2, 0.25) is 15.9 Å². The van der Waals surface area contributed by atoms with Crippen LogP contribution < -0.4 is 14.4 Å². The van der Waals surface area contributed by atoms with Crippen molar-refractivity contribution in [2.24, 2.45) is 0 Å². The van der Waals surface area contributed by atoms with Crippen molar-refractivity contribution in [3.63, 3.8) is 0 Å². The molecular weight excluding hydrogens is 352 g/mol. The summed E-state index contributed by atoms with van der Waals surface area (Å²) in [5, 5.41) is 0. The maximum Gasteiger partial charge on any atom is 0.245 e. The molecule has 2 aromatic carbocycles. The fourth-order valence-corrected chi connectivity index (χ4v) is 4.56. The number of nitrogens with one attached hydrogen (secondary N) is 1. The minimum Gasteiger partial charge on any atom is -0.497 e. The third kappa shape index (κ3) is 3.73. The molecule has 7 heteroatoms. The molecule has 0 radical (unpaired) electrons. The van der Waals surface area contributed by atoms with Gasteiger partial charge in [-0.25, -0.2) is 8.42 Å². The molecule has 26 heavy (non-hydrogen) atoms. The average molecular weight is 374 g/mol. The minimum atomic E-state index is -3.76. The first-order valence-electron chi connectivity index (χ1n) is 8.36. The average Bonchev–Trinajstić information content (AvgIpc) is 2.94. The Hall–Kier alpha value is -2.38. The van der Waals surface area contributed by atoms with Gasteiger partial charge in [-0.3, -0.25) is 4.79 Å². The number of anilines is 1. The number of aryl methyl sites for hydroxylation is 2. The van der Waals surface area contributed by atoms with Crippen LogP contribution >= 0.6 is 0 Å². The zero-order valence-corrected chi connectivity index (χ0v) is 15.8. The van der Waals surface area contributed by atoms with Gasteiger partial charge in [0, 0.05) is 12.2 Å². The number of carbonyl (C=O) groups is 1. The predicted molar refractivity (Wildman–Crippen MR) is 100.0 cm³/mol. The highest BCUT2D eigenvalue weighted by molar-refractivity contribution is 7.89. The number of carbonyl (C=O) groups excluding carboxylic acids is 1. The van der Waals surface area contributed by atoms with E-state index in [0.717, 1.165) is 16.8 Å². The number of methoxy groups -OCH3 is 1. The van der Waals surface area contributed by atoms with Gasteiger partial charge in [0.15, 0.2) is 0 Å². The molecule has 2 aromatic rings. The van der Waals surface area contributed by atoms with E-state index in [1.54, 1.807) is 48.4 Å². The summed E-state index contributed by atoms with van der Waals surface area (Å²) < 4.78 is 33.0. The summed E-state index contributed by atoms with van der Waals surface area (Å²) in [5.41, 5.74) is 2.45. The van der Waals surface area contributed by atoms with E-state index < -0.39 is 16.1 Å². The molecule has 0 aromatic heterocycles. The zero-order chi connectivity index (χ0) is 18.9. The number of benzene rings is 2. The Balaban J connectivity index is 1.77. The number of hydrogen-bond acceptors (Lipinski definition) is 4. The Morgan fingerprint density at radius 3 is 2.27 bits per heavy atom. The van der Waals surface area contributed by atoms with Crippen molar-refractivity contribution in [3.8, 4) is 5.75 Å². The third-order valence-electron chi connectivity index (χ3n) is 4.39. The van der Waals surface area contributed by atoms with Crippen LogP contribution in [0.4, 0.5) is 5.69 Å². The lowest BCUT2D eigenvalue weighted by Gasteiger charge is -2.18. The lowest BCUT2D eigenvalue weighted by atomic mass is 10.2. The highest BCUT2D eigenvalue weighted by Crippen LogP contribution is 2.25. The van der Waals surface area contributed by atoms with Crippen LogP contribution in [-0.2, 0) is 14.8 Å². The Morgan fingerprint density at radius 1 is 1.08 bits per heavy atom. The van der Waals surface area contributed by atoms with Crippen LogP contribution in [0, 0.1) is 13.8 Å². The molecule has 0 aliphatic carbocycles. The van der Waals surface area contributed by atoms with Gasteiger partial charge in [-0.15, -0.1) is 0 Å². The van der Waals surface area contributed by atoms with Gasteiger partial charge in [0.25, 0.3) is 0 Å². The fraction of sp³-hybridized carbons (Fsp3) is 0.316. The highest BCUT2D eigenvalue weighted by Gasteiger charge is 2.35. The van der Waals surface area contributed by atoms with Gasteiger partial charge in [-0.05, 0) is 67.8 Å². The van der Waals surface area contributed by atoms with Crippen molar-refractivity contribution in [1.29, 1.82) is 0 Å². The fourth-order valence-electron chi connectivity index (χ4n) is 3.15. The molecule has 1 unspecified atom stereocenters. The number of sulfonamides is 1. The van der Waals surface area contributed by atoms with E-state index in [1.165, 1.54) is 0 Å². The van der Waals surface area contributed by atoms with Crippen LogP contribution in [0.15, 0.2) is 47.4 Å². The van der Waals surface area contributed by atoms with Crippen LogP contribution in [-0.4, -0.2) is 34.0 Å². The summed E-state index contributed by atoms with van der Waals surface area (Å²) >= 11 is 0. The van der Waals surface area contributed by atoms with Gasteiger partial charge in [-0.1, -0.05) is 6.07 Å². The molecule has 1 amide bonds. The molecule has 1 heterocycles. The topological polar surface area (TPSA) is 75.7 Å². The first-order chi connectivity index (χ1) is 12.3. The molecule has 1 saturated heterocycles. The largest absolute Gasteiger partial charge is 0.497 e. The number of ether oxygens (including phenoxy) is 1. The van der Waals surface area contributed by atoms with Gasteiger partial charge in [-0.2, -0.15) is 4.72 Å². The van der Waals surface area contributed by atoms with Crippen LogP contribution in [0.3, 0.4) is 0 Å². The number of hydrogen-bond donors (Lipinski definition) is 1. The smallest absolute Gasteiger partial charge is 0.245 e. The lowest BCUT2D eigenvalue weighted by Crippen LogP contribution is -2.41. The monoisotopic (exact) mass is 374 g/mol. The Morgan fingerprint density at radius 2 is 1.69 bits per heavy atom. The predicted octanol–water partition coefficient (Wildman–Crippen LogP) is 2.40. The van der Waals surface area contributed by atoms with Gasteiger partial charge in [0.05, 0.1) is 12.0 Å². The van der Waals surface area contributed by atoms with E-state index in [4.69, 9.17) is 4.74 Å². The van der Waals surface area contributed by atoms with Crippen molar-refractivity contribution in [2.45, 2.75) is 31.2 Å². The molecule has 0 spiro atoms. The Bertz CT molecular complexity index is 903. The van der Waals surface area contributed by atoms with Gasteiger partial charge < -0.3 is 9.64 Å². The number of rotatable bonds is 5. The van der Waals surface area contributed by atoms with Gasteiger partial charge >= 0.3 is 0 Å². The molecule has 1 fully saturated rings. The van der Waals surface area contributed by atoms with E-state index in [-0.39, 0.29) is 10.8 Å². The van der Waals surface area contributed by atoms with Gasteiger partial charge in [0.1, 0.15) is 11.8 Å². The lowest BCUT2D eigenvalue weighted by molar-refractivity contribution is -0.118. The number of nitrogens with zero attached hydrogens (tertiary/aromatic N) is 1. The standard InChI is InChI=1S/C19H22N2O4S/c1-13-10-14(2)12-17(11-13)26(23,24)20-18-8-9-21(19(18)22)15-4-6-16(25-3)7-5-15/h4-7,10-12,18,20H,8-9H2,1-3H3. The normalized spacial score (nSPS) is 17.6. The van der Waals surface area contributed by atoms with Crippen molar-refractivity contribution < 1.29 is 17.9 Å². The maximum absolute atomic E-state index is 12.7. The molecule has 0 bridgehead atoms. The second kappa shape index (κ2) is 7.09. The van der Waals surface area contributed by atoms with Crippen molar-refractivity contribution in [2.75, 3.05) is 18.6 Å². The molecular formula is C19H22N2O4S. The second-order valence-electron chi connectivity index (χ2n) is 6.47. The quantitative estimate of drug-likeness (QED) is 0.872. The Labute approximate surface area is 153 Å².